The summed E-state index contributed by atoms with van der Waals surface area (Å²) in [6.45, 7) is 4.50. The molecule has 3 heterocycles. The van der Waals surface area contributed by atoms with Gasteiger partial charge in [0.1, 0.15) is 0 Å². The number of rotatable bonds is 3. The van der Waals surface area contributed by atoms with Gasteiger partial charge in [-0.05, 0) is 43.5 Å². The SMILES string of the molecule is Cc1c(C(=O)N2CCC(C(=O)O)C(C)C2)nnn1-c1ccc2ncccc2c1. The lowest BCUT2D eigenvalue weighted by Gasteiger charge is -2.34. The van der Waals surface area contributed by atoms with Crippen LogP contribution in [0.3, 0.4) is 0 Å². The highest BCUT2D eigenvalue weighted by Gasteiger charge is 2.34. The van der Waals surface area contributed by atoms with Gasteiger partial charge in [0.15, 0.2) is 5.69 Å². The molecule has 8 heteroatoms. The molecule has 4 rings (SSSR count). The molecule has 0 aliphatic carbocycles. The zero-order valence-corrected chi connectivity index (χ0v) is 15.7. The summed E-state index contributed by atoms with van der Waals surface area (Å²) in [5.74, 6) is -1.51. The number of aliphatic carboxylic acids is 1. The Morgan fingerprint density at radius 1 is 1.25 bits per heavy atom. The Kier molecular flexibility index (Phi) is 4.54. The van der Waals surface area contributed by atoms with E-state index in [-0.39, 0.29) is 11.8 Å². The van der Waals surface area contributed by atoms with Crippen LogP contribution in [0, 0.1) is 18.8 Å². The molecular formula is C20H21N5O3. The van der Waals surface area contributed by atoms with Gasteiger partial charge in [-0.1, -0.05) is 18.2 Å². The lowest BCUT2D eigenvalue weighted by atomic mass is 9.87. The first-order valence-electron chi connectivity index (χ1n) is 9.25. The largest absolute Gasteiger partial charge is 0.481 e. The molecule has 8 nitrogen and oxygen atoms in total. The third kappa shape index (κ3) is 3.11. The van der Waals surface area contributed by atoms with E-state index in [1.165, 1.54) is 0 Å². The molecule has 3 aromatic rings. The Labute approximate surface area is 161 Å². The van der Waals surface area contributed by atoms with E-state index < -0.39 is 11.9 Å². The molecule has 2 unspecified atom stereocenters. The van der Waals surface area contributed by atoms with Gasteiger partial charge in [-0.15, -0.1) is 5.10 Å². The van der Waals surface area contributed by atoms with Crippen LogP contribution in [0.15, 0.2) is 36.5 Å². The molecule has 28 heavy (non-hydrogen) atoms. The lowest BCUT2D eigenvalue weighted by molar-refractivity contribution is -0.145. The fourth-order valence-corrected chi connectivity index (χ4v) is 3.81. The number of carboxylic acid groups (broad SMARTS) is 1. The average molecular weight is 379 g/mol. The van der Waals surface area contributed by atoms with Crippen LogP contribution in [0.5, 0.6) is 0 Å². The molecular weight excluding hydrogens is 358 g/mol. The molecule has 0 saturated carbocycles. The Balaban J connectivity index is 1.59. The number of pyridine rings is 1. The van der Waals surface area contributed by atoms with Gasteiger partial charge >= 0.3 is 5.97 Å². The molecule has 1 aliphatic rings. The minimum absolute atomic E-state index is 0.0986. The topological polar surface area (TPSA) is 101 Å². The highest BCUT2D eigenvalue weighted by molar-refractivity contribution is 5.93. The quantitative estimate of drug-likeness (QED) is 0.749. The third-order valence-corrected chi connectivity index (χ3v) is 5.44. The van der Waals surface area contributed by atoms with E-state index in [4.69, 9.17) is 0 Å². The zero-order chi connectivity index (χ0) is 19.8. The van der Waals surface area contributed by atoms with Crippen molar-refractivity contribution in [3.8, 4) is 5.69 Å². The molecule has 0 spiro atoms. The van der Waals surface area contributed by atoms with Crippen LogP contribution < -0.4 is 0 Å². The maximum Gasteiger partial charge on any atom is 0.306 e. The predicted molar refractivity (Wildman–Crippen MR) is 102 cm³/mol. The van der Waals surface area contributed by atoms with E-state index in [1.807, 2.05) is 44.2 Å². The molecule has 1 amide bonds. The second kappa shape index (κ2) is 7.03. The molecule has 1 fully saturated rings. The number of aromatic nitrogens is 4. The number of carbonyl (C=O) groups is 2. The normalized spacial score (nSPS) is 19.7. The number of piperidine rings is 1. The minimum Gasteiger partial charge on any atom is -0.481 e. The molecule has 2 aromatic heterocycles. The fourth-order valence-electron chi connectivity index (χ4n) is 3.81. The summed E-state index contributed by atoms with van der Waals surface area (Å²) in [6.07, 6.45) is 2.20. The van der Waals surface area contributed by atoms with Crippen molar-refractivity contribution in [3.63, 3.8) is 0 Å². The van der Waals surface area contributed by atoms with Crippen molar-refractivity contribution < 1.29 is 14.7 Å². The summed E-state index contributed by atoms with van der Waals surface area (Å²) < 4.78 is 1.65. The Bertz CT molecular complexity index is 1060. The smallest absolute Gasteiger partial charge is 0.306 e. The van der Waals surface area contributed by atoms with Crippen LogP contribution in [0.25, 0.3) is 16.6 Å². The van der Waals surface area contributed by atoms with Crippen molar-refractivity contribution in [2.45, 2.75) is 20.3 Å². The minimum atomic E-state index is -0.799. The second-order valence-electron chi connectivity index (χ2n) is 7.28. The lowest BCUT2D eigenvalue weighted by Crippen LogP contribution is -2.45. The molecule has 0 radical (unpaired) electrons. The highest BCUT2D eigenvalue weighted by atomic mass is 16.4. The number of carbonyl (C=O) groups excluding carboxylic acids is 1. The van der Waals surface area contributed by atoms with Crippen molar-refractivity contribution in [1.82, 2.24) is 24.9 Å². The maximum atomic E-state index is 13.0. The number of amides is 1. The molecule has 1 N–H and O–H groups in total. The van der Waals surface area contributed by atoms with E-state index in [9.17, 15) is 14.7 Å². The van der Waals surface area contributed by atoms with Gasteiger partial charge < -0.3 is 10.0 Å². The number of carboxylic acids is 1. The first-order valence-corrected chi connectivity index (χ1v) is 9.25. The first kappa shape index (κ1) is 18.1. The van der Waals surface area contributed by atoms with Gasteiger partial charge in [0.2, 0.25) is 0 Å². The maximum absolute atomic E-state index is 13.0. The van der Waals surface area contributed by atoms with E-state index in [1.54, 1.807) is 15.8 Å². The van der Waals surface area contributed by atoms with Crippen molar-refractivity contribution in [3.05, 3.63) is 47.9 Å². The van der Waals surface area contributed by atoms with E-state index in [0.29, 0.717) is 30.9 Å². The van der Waals surface area contributed by atoms with Crippen LogP contribution in [-0.4, -0.2) is 55.0 Å². The van der Waals surface area contributed by atoms with Crippen LogP contribution in [-0.2, 0) is 4.79 Å². The summed E-state index contributed by atoms with van der Waals surface area (Å²) in [4.78, 5) is 30.2. The van der Waals surface area contributed by atoms with Crippen molar-refractivity contribution >= 4 is 22.8 Å². The number of nitrogens with zero attached hydrogens (tertiary/aromatic N) is 5. The Morgan fingerprint density at radius 2 is 2.07 bits per heavy atom. The number of fused-ring (bicyclic) bond motifs is 1. The monoisotopic (exact) mass is 379 g/mol. The average Bonchev–Trinajstić information content (AvgIpc) is 3.08. The number of hydrogen-bond acceptors (Lipinski definition) is 5. The van der Waals surface area contributed by atoms with Gasteiger partial charge in [-0.3, -0.25) is 14.6 Å². The Morgan fingerprint density at radius 3 is 2.82 bits per heavy atom. The summed E-state index contributed by atoms with van der Waals surface area (Å²) in [7, 11) is 0. The van der Waals surface area contributed by atoms with Gasteiger partial charge in [0.05, 0.1) is 22.8 Å². The molecule has 144 valence electrons. The van der Waals surface area contributed by atoms with Gasteiger partial charge in [-0.2, -0.15) is 0 Å². The molecule has 2 atom stereocenters. The van der Waals surface area contributed by atoms with Gasteiger partial charge in [-0.25, -0.2) is 4.68 Å². The third-order valence-electron chi connectivity index (χ3n) is 5.44. The van der Waals surface area contributed by atoms with E-state index in [0.717, 1.165) is 16.6 Å². The predicted octanol–water partition coefficient (Wildman–Crippen LogP) is 2.31. The van der Waals surface area contributed by atoms with Crippen LogP contribution in [0.2, 0.25) is 0 Å². The second-order valence-corrected chi connectivity index (χ2v) is 7.28. The summed E-state index contributed by atoms with van der Waals surface area (Å²) >= 11 is 0. The molecule has 1 aromatic carbocycles. The first-order chi connectivity index (χ1) is 13.5. The fraction of sp³-hybridized carbons (Fsp3) is 0.350. The van der Waals surface area contributed by atoms with E-state index in [2.05, 4.69) is 15.3 Å². The van der Waals surface area contributed by atoms with Crippen LogP contribution in [0.1, 0.15) is 29.5 Å². The molecule has 1 saturated heterocycles. The van der Waals surface area contributed by atoms with Crippen LogP contribution >= 0.6 is 0 Å². The van der Waals surface area contributed by atoms with Crippen molar-refractivity contribution in [2.75, 3.05) is 13.1 Å². The number of likely N-dealkylation sites (tertiary alicyclic amines) is 1. The summed E-state index contributed by atoms with van der Waals surface area (Å²) in [6, 6.07) is 9.60. The number of benzene rings is 1. The highest BCUT2D eigenvalue weighted by Crippen LogP contribution is 2.25. The van der Waals surface area contributed by atoms with Crippen molar-refractivity contribution in [2.24, 2.45) is 11.8 Å². The summed E-state index contributed by atoms with van der Waals surface area (Å²) in [5, 5.41) is 18.5. The standard InChI is InChI=1S/C20H21N5O3/c1-12-11-24(9-7-16(12)20(27)28)19(26)18-13(2)25(23-22-18)15-5-6-17-14(10-15)4-3-8-21-17/h3-6,8,10,12,16H,7,9,11H2,1-2H3,(H,27,28). The van der Waals surface area contributed by atoms with Crippen LogP contribution in [0.4, 0.5) is 0 Å². The Hall–Kier alpha value is -3.29. The van der Waals surface area contributed by atoms with E-state index >= 15 is 0 Å². The zero-order valence-electron chi connectivity index (χ0n) is 15.7. The number of hydrogen-bond donors (Lipinski definition) is 1. The molecule has 1 aliphatic heterocycles. The van der Waals surface area contributed by atoms with Gasteiger partial charge in [0, 0.05) is 24.7 Å². The summed E-state index contributed by atoms with van der Waals surface area (Å²) in [5.41, 5.74) is 2.65. The van der Waals surface area contributed by atoms with Crippen molar-refractivity contribution in [1.29, 1.82) is 0 Å². The van der Waals surface area contributed by atoms with Gasteiger partial charge in [0.25, 0.3) is 5.91 Å². The molecule has 0 bridgehead atoms.